The summed E-state index contributed by atoms with van der Waals surface area (Å²) >= 11 is 0. The number of likely N-dealkylation sites (N-methyl/N-ethyl adjacent to an activating group) is 1. The highest BCUT2D eigenvalue weighted by Crippen LogP contribution is 2.19. The standard InChI is InChI=1S/C23H23N3O3/c1-17-12-13-19(29-17)14-25(2)23(27)15-26-21-11-7-6-10-20(21)24-22(26)16-28-18-8-4-3-5-9-18/h3-13H,14-16H2,1-2H3. The van der Waals surface area contributed by atoms with Crippen molar-refractivity contribution >= 4 is 16.9 Å². The van der Waals surface area contributed by atoms with Crippen LogP contribution in [0.15, 0.2) is 71.1 Å². The van der Waals surface area contributed by atoms with Gasteiger partial charge in [-0.15, -0.1) is 0 Å². The van der Waals surface area contributed by atoms with E-state index in [1.807, 2.05) is 78.2 Å². The van der Waals surface area contributed by atoms with Crippen molar-refractivity contribution < 1.29 is 13.9 Å². The fourth-order valence-corrected chi connectivity index (χ4v) is 3.22. The Hall–Kier alpha value is -3.54. The number of para-hydroxylation sites is 3. The van der Waals surface area contributed by atoms with Crippen LogP contribution in [-0.4, -0.2) is 27.4 Å². The van der Waals surface area contributed by atoms with E-state index >= 15 is 0 Å². The van der Waals surface area contributed by atoms with Crippen molar-refractivity contribution in [1.82, 2.24) is 14.5 Å². The Morgan fingerprint density at radius 1 is 1.07 bits per heavy atom. The maximum Gasteiger partial charge on any atom is 0.242 e. The van der Waals surface area contributed by atoms with Crippen LogP contribution >= 0.6 is 0 Å². The van der Waals surface area contributed by atoms with Crippen LogP contribution in [-0.2, 0) is 24.5 Å². The van der Waals surface area contributed by atoms with E-state index in [1.165, 1.54) is 0 Å². The molecule has 0 radical (unpaired) electrons. The van der Waals surface area contributed by atoms with Gasteiger partial charge in [0.15, 0.2) is 0 Å². The summed E-state index contributed by atoms with van der Waals surface area (Å²) in [5.74, 6) is 3.06. The van der Waals surface area contributed by atoms with Gasteiger partial charge < -0.3 is 18.6 Å². The number of hydrogen-bond acceptors (Lipinski definition) is 4. The van der Waals surface area contributed by atoms with Crippen molar-refractivity contribution in [3.05, 3.63) is 84.1 Å². The van der Waals surface area contributed by atoms with Gasteiger partial charge in [-0.25, -0.2) is 4.98 Å². The van der Waals surface area contributed by atoms with Crippen molar-refractivity contribution in [2.75, 3.05) is 7.05 Å². The number of rotatable bonds is 7. The summed E-state index contributed by atoms with van der Waals surface area (Å²) in [7, 11) is 1.78. The molecule has 0 bridgehead atoms. The maximum absolute atomic E-state index is 12.9. The molecule has 29 heavy (non-hydrogen) atoms. The fraction of sp³-hybridized carbons (Fsp3) is 0.217. The number of aryl methyl sites for hydroxylation is 1. The SMILES string of the molecule is Cc1ccc(CN(C)C(=O)Cn2c(COc3ccccc3)nc3ccccc32)o1. The summed E-state index contributed by atoms with van der Waals surface area (Å²) in [6, 6.07) is 21.2. The molecule has 2 heterocycles. The highest BCUT2D eigenvalue weighted by atomic mass is 16.5. The average molecular weight is 389 g/mol. The number of fused-ring (bicyclic) bond motifs is 1. The van der Waals surface area contributed by atoms with Gasteiger partial charge >= 0.3 is 0 Å². The molecule has 2 aromatic heterocycles. The van der Waals surface area contributed by atoms with Crippen molar-refractivity contribution in [3.8, 4) is 5.75 Å². The van der Waals surface area contributed by atoms with Gasteiger partial charge in [0.2, 0.25) is 5.91 Å². The van der Waals surface area contributed by atoms with E-state index in [1.54, 1.807) is 11.9 Å². The van der Waals surface area contributed by atoms with Gasteiger partial charge in [-0.05, 0) is 43.3 Å². The van der Waals surface area contributed by atoms with Crippen LogP contribution in [0.4, 0.5) is 0 Å². The Morgan fingerprint density at radius 3 is 2.59 bits per heavy atom. The Kier molecular flexibility index (Phi) is 5.33. The molecule has 4 aromatic rings. The van der Waals surface area contributed by atoms with Crippen LogP contribution in [0.3, 0.4) is 0 Å². The zero-order valence-electron chi connectivity index (χ0n) is 16.5. The quantitative estimate of drug-likeness (QED) is 0.476. The summed E-state index contributed by atoms with van der Waals surface area (Å²) in [6.45, 7) is 2.79. The Labute approximate surface area is 169 Å². The van der Waals surface area contributed by atoms with E-state index < -0.39 is 0 Å². The number of nitrogens with zero attached hydrogens (tertiary/aromatic N) is 3. The molecular formula is C23H23N3O3. The topological polar surface area (TPSA) is 60.5 Å². The lowest BCUT2D eigenvalue weighted by Crippen LogP contribution is -2.30. The average Bonchev–Trinajstić information content (AvgIpc) is 3.30. The van der Waals surface area contributed by atoms with E-state index in [4.69, 9.17) is 9.15 Å². The number of carbonyl (C=O) groups excluding carboxylic acids is 1. The van der Waals surface area contributed by atoms with Crippen LogP contribution in [0.1, 0.15) is 17.3 Å². The van der Waals surface area contributed by atoms with Crippen molar-refractivity contribution in [2.45, 2.75) is 26.6 Å². The fourth-order valence-electron chi connectivity index (χ4n) is 3.22. The largest absolute Gasteiger partial charge is 0.486 e. The molecule has 148 valence electrons. The first-order valence-corrected chi connectivity index (χ1v) is 9.51. The van der Waals surface area contributed by atoms with Crippen molar-refractivity contribution in [2.24, 2.45) is 0 Å². The summed E-state index contributed by atoms with van der Waals surface area (Å²) in [5.41, 5.74) is 1.76. The second kappa shape index (κ2) is 8.22. The zero-order valence-corrected chi connectivity index (χ0v) is 16.5. The number of furan rings is 1. The van der Waals surface area contributed by atoms with Gasteiger partial charge in [0.25, 0.3) is 0 Å². The number of hydrogen-bond donors (Lipinski definition) is 0. The van der Waals surface area contributed by atoms with Crippen LogP contribution < -0.4 is 4.74 Å². The number of carbonyl (C=O) groups is 1. The monoisotopic (exact) mass is 389 g/mol. The van der Waals surface area contributed by atoms with E-state index in [-0.39, 0.29) is 19.1 Å². The van der Waals surface area contributed by atoms with Gasteiger partial charge in [-0.2, -0.15) is 0 Å². The predicted molar refractivity (Wildman–Crippen MR) is 110 cm³/mol. The predicted octanol–water partition coefficient (Wildman–Crippen LogP) is 4.18. The van der Waals surface area contributed by atoms with Crippen LogP contribution in [0.5, 0.6) is 5.75 Å². The van der Waals surface area contributed by atoms with E-state index in [0.717, 1.165) is 28.3 Å². The Balaban J connectivity index is 1.54. The third kappa shape index (κ3) is 4.32. The molecule has 6 nitrogen and oxygen atoms in total. The van der Waals surface area contributed by atoms with Gasteiger partial charge in [0.05, 0.1) is 17.6 Å². The van der Waals surface area contributed by atoms with Crippen molar-refractivity contribution in [1.29, 1.82) is 0 Å². The lowest BCUT2D eigenvalue weighted by Gasteiger charge is -2.17. The molecule has 0 atom stereocenters. The molecular weight excluding hydrogens is 366 g/mol. The number of aromatic nitrogens is 2. The second-order valence-electron chi connectivity index (χ2n) is 6.97. The molecule has 0 saturated carbocycles. The molecule has 0 unspecified atom stereocenters. The van der Waals surface area contributed by atoms with E-state index in [0.29, 0.717) is 12.4 Å². The minimum atomic E-state index is -0.0248. The van der Waals surface area contributed by atoms with Crippen LogP contribution in [0.2, 0.25) is 0 Å². The third-order valence-corrected chi connectivity index (χ3v) is 4.75. The minimum absolute atomic E-state index is 0.0248. The number of imidazole rings is 1. The highest BCUT2D eigenvalue weighted by molar-refractivity contribution is 5.81. The van der Waals surface area contributed by atoms with Gasteiger partial charge in [0.1, 0.15) is 36.2 Å². The molecule has 0 aliphatic rings. The summed E-state index contributed by atoms with van der Waals surface area (Å²) in [6.07, 6.45) is 0. The number of benzene rings is 2. The Morgan fingerprint density at radius 2 is 1.83 bits per heavy atom. The minimum Gasteiger partial charge on any atom is -0.486 e. The smallest absolute Gasteiger partial charge is 0.242 e. The third-order valence-electron chi connectivity index (χ3n) is 4.75. The molecule has 4 rings (SSSR count). The molecule has 2 aromatic carbocycles. The molecule has 0 N–H and O–H groups in total. The zero-order chi connectivity index (χ0) is 20.2. The second-order valence-corrected chi connectivity index (χ2v) is 6.97. The normalized spacial score (nSPS) is 11.0. The molecule has 0 fully saturated rings. The summed E-state index contributed by atoms with van der Waals surface area (Å²) < 4.78 is 13.4. The summed E-state index contributed by atoms with van der Waals surface area (Å²) in [4.78, 5) is 19.2. The highest BCUT2D eigenvalue weighted by Gasteiger charge is 2.17. The number of amides is 1. The summed E-state index contributed by atoms with van der Waals surface area (Å²) in [5, 5.41) is 0. The van der Waals surface area contributed by atoms with Gasteiger partial charge in [0, 0.05) is 7.05 Å². The van der Waals surface area contributed by atoms with E-state index in [2.05, 4.69) is 4.98 Å². The van der Waals surface area contributed by atoms with Crippen LogP contribution in [0.25, 0.3) is 11.0 Å². The lowest BCUT2D eigenvalue weighted by molar-refractivity contribution is -0.131. The van der Waals surface area contributed by atoms with Gasteiger partial charge in [-0.1, -0.05) is 30.3 Å². The molecule has 0 saturated heterocycles. The molecule has 0 spiro atoms. The van der Waals surface area contributed by atoms with Crippen LogP contribution in [0, 0.1) is 6.92 Å². The number of ether oxygens (including phenoxy) is 1. The lowest BCUT2D eigenvalue weighted by atomic mass is 10.3. The van der Waals surface area contributed by atoms with E-state index in [9.17, 15) is 4.79 Å². The van der Waals surface area contributed by atoms with Crippen molar-refractivity contribution in [3.63, 3.8) is 0 Å². The molecule has 6 heteroatoms. The molecule has 0 aliphatic heterocycles. The first-order valence-electron chi connectivity index (χ1n) is 9.51. The molecule has 0 aliphatic carbocycles. The molecule has 1 amide bonds. The first kappa shape index (κ1) is 18.8. The van der Waals surface area contributed by atoms with Gasteiger partial charge in [-0.3, -0.25) is 4.79 Å². The first-order chi connectivity index (χ1) is 14.1. The Bertz CT molecular complexity index is 1110. The maximum atomic E-state index is 12.9.